The molecular formula is C14H14BrFS. The highest BCUT2D eigenvalue weighted by molar-refractivity contribution is 9.09. The van der Waals surface area contributed by atoms with E-state index in [2.05, 4.69) is 33.4 Å². The molecule has 0 N–H and O–H groups in total. The topological polar surface area (TPSA) is 0 Å². The molecule has 1 heterocycles. The van der Waals surface area contributed by atoms with Crippen LogP contribution in [0.25, 0.3) is 0 Å². The lowest BCUT2D eigenvalue weighted by atomic mass is 9.96. The van der Waals surface area contributed by atoms with Crippen molar-refractivity contribution in [1.82, 2.24) is 0 Å². The van der Waals surface area contributed by atoms with Crippen LogP contribution in [0.1, 0.15) is 22.8 Å². The summed E-state index contributed by atoms with van der Waals surface area (Å²) < 4.78 is 12.9. The van der Waals surface area contributed by atoms with E-state index < -0.39 is 0 Å². The first-order valence-electron chi connectivity index (χ1n) is 5.63. The molecule has 1 aromatic carbocycles. The van der Waals surface area contributed by atoms with E-state index in [9.17, 15) is 4.39 Å². The van der Waals surface area contributed by atoms with Crippen LogP contribution in [0.2, 0.25) is 0 Å². The molecule has 0 aliphatic rings. The minimum absolute atomic E-state index is 0.166. The average Bonchev–Trinajstić information content (AvgIpc) is 2.85. The molecule has 2 aromatic rings. The van der Waals surface area contributed by atoms with Crippen molar-refractivity contribution in [3.8, 4) is 0 Å². The van der Waals surface area contributed by atoms with Crippen molar-refractivity contribution < 1.29 is 4.39 Å². The number of hydrogen-bond acceptors (Lipinski definition) is 1. The van der Waals surface area contributed by atoms with Crippen LogP contribution in [-0.2, 0) is 6.42 Å². The van der Waals surface area contributed by atoms with E-state index in [0.717, 1.165) is 18.2 Å². The molecule has 90 valence electrons. The lowest BCUT2D eigenvalue weighted by molar-refractivity contribution is 0.624. The summed E-state index contributed by atoms with van der Waals surface area (Å²) in [6.45, 7) is 0. The number of halogens is 2. The van der Waals surface area contributed by atoms with Crippen molar-refractivity contribution in [3.05, 3.63) is 58.0 Å². The third-order valence-corrected chi connectivity index (χ3v) is 4.56. The van der Waals surface area contributed by atoms with Gasteiger partial charge in [0.1, 0.15) is 5.82 Å². The van der Waals surface area contributed by atoms with Gasteiger partial charge in [-0.15, -0.1) is 11.3 Å². The molecule has 0 aliphatic heterocycles. The van der Waals surface area contributed by atoms with E-state index in [1.807, 2.05) is 12.1 Å². The lowest BCUT2D eigenvalue weighted by Crippen LogP contribution is -2.01. The summed E-state index contributed by atoms with van der Waals surface area (Å²) in [4.78, 5) is 1.41. The van der Waals surface area contributed by atoms with Gasteiger partial charge in [-0.05, 0) is 47.9 Å². The van der Waals surface area contributed by atoms with Gasteiger partial charge >= 0.3 is 0 Å². The van der Waals surface area contributed by atoms with Crippen molar-refractivity contribution in [2.24, 2.45) is 0 Å². The summed E-state index contributed by atoms with van der Waals surface area (Å²) >= 11 is 5.34. The van der Waals surface area contributed by atoms with Crippen LogP contribution in [0.15, 0.2) is 41.8 Å². The Morgan fingerprint density at radius 1 is 1.18 bits per heavy atom. The van der Waals surface area contributed by atoms with Gasteiger partial charge in [0, 0.05) is 10.2 Å². The monoisotopic (exact) mass is 312 g/mol. The highest BCUT2D eigenvalue weighted by Crippen LogP contribution is 2.25. The summed E-state index contributed by atoms with van der Waals surface area (Å²) in [6, 6.07) is 11.1. The molecule has 17 heavy (non-hydrogen) atoms. The zero-order valence-corrected chi connectivity index (χ0v) is 11.8. The normalized spacial score (nSPS) is 12.6. The fourth-order valence-corrected chi connectivity index (χ4v) is 3.26. The number of rotatable bonds is 5. The number of thiophene rings is 1. The first-order valence-corrected chi connectivity index (χ1v) is 7.63. The largest absolute Gasteiger partial charge is 0.207 e. The predicted molar refractivity (Wildman–Crippen MR) is 75.6 cm³/mol. The molecule has 0 saturated carbocycles. The van der Waals surface area contributed by atoms with Gasteiger partial charge in [-0.2, -0.15) is 0 Å². The second kappa shape index (κ2) is 6.31. The zero-order valence-electron chi connectivity index (χ0n) is 9.40. The molecule has 1 unspecified atom stereocenters. The van der Waals surface area contributed by atoms with Crippen LogP contribution in [-0.4, -0.2) is 5.33 Å². The Morgan fingerprint density at radius 3 is 2.53 bits per heavy atom. The molecule has 0 amide bonds. The Balaban J connectivity index is 1.99. The smallest absolute Gasteiger partial charge is 0.123 e. The van der Waals surface area contributed by atoms with Gasteiger partial charge < -0.3 is 0 Å². The summed E-state index contributed by atoms with van der Waals surface area (Å²) in [5, 5.41) is 3.03. The van der Waals surface area contributed by atoms with Crippen LogP contribution in [0, 0.1) is 5.82 Å². The van der Waals surface area contributed by atoms with Crippen LogP contribution in [0.3, 0.4) is 0 Å². The van der Waals surface area contributed by atoms with Crippen molar-refractivity contribution >= 4 is 27.3 Å². The fourth-order valence-electron chi connectivity index (χ4n) is 1.84. The molecular weight excluding hydrogens is 299 g/mol. The third-order valence-electron chi connectivity index (χ3n) is 2.85. The Kier molecular flexibility index (Phi) is 4.75. The second-order valence-electron chi connectivity index (χ2n) is 4.02. The Hall–Kier alpha value is -0.670. The molecule has 0 radical (unpaired) electrons. The minimum atomic E-state index is -0.166. The quantitative estimate of drug-likeness (QED) is 0.682. The average molecular weight is 313 g/mol. The van der Waals surface area contributed by atoms with Gasteiger partial charge in [-0.25, -0.2) is 4.39 Å². The fraction of sp³-hybridized carbons (Fsp3) is 0.286. The standard InChI is InChI=1S/C14H14BrFS/c15-10-12(5-8-14-2-1-9-17-14)11-3-6-13(16)7-4-11/h1-4,6-7,9,12H,5,8,10H2. The van der Waals surface area contributed by atoms with E-state index in [1.54, 1.807) is 11.3 Å². The van der Waals surface area contributed by atoms with E-state index >= 15 is 0 Å². The van der Waals surface area contributed by atoms with E-state index in [1.165, 1.54) is 22.6 Å². The van der Waals surface area contributed by atoms with Crippen molar-refractivity contribution in [2.75, 3.05) is 5.33 Å². The number of alkyl halides is 1. The first kappa shape index (κ1) is 12.8. The molecule has 1 aromatic heterocycles. The summed E-state index contributed by atoms with van der Waals surface area (Å²) in [5.74, 6) is 0.290. The molecule has 0 bridgehead atoms. The van der Waals surface area contributed by atoms with Crippen LogP contribution in [0.5, 0.6) is 0 Å². The SMILES string of the molecule is Fc1ccc(C(CBr)CCc2cccs2)cc1. The summed E-state index contributed by atoms with van der Waals surface area (Å²) in [7, 11) is 0. The molecule has 0 aliphatic carbocycles. The van der Waals surface area contributed by atoms with Gasteiger partial charge in [0.05, 0.1) is 0 Å². The maximum absolute atomic E-state index is 12.9. The van der Waals surface area contributed by atoms with Gasteiger partial charge in [-0.3, -0.25) is 0 Å². The summed E-state index contributed by atoms with van der Waals surface area (Å²) in [6.07, 6.45) is 2.18. The number of benzene rings is 1. The van der Waals surface area contributed by atoms with Crippen molar-refractivity contribution in [2.45, 2.75) is 18.8 Å². The van der Waals surface area contributed by atoms with Crippen LogP contribution in [0.4, 0.5) is 4.39 Å². The second-order valence-corrected chi connectivity index (χ2v) is 5.70. The maximum atomic E-state index is 12.9. The molecule has 3 heteroatoms. The number of aryl methyl sites for hydroxylation is 1. The highest BCUT2D eigenvalue weighted by atomic mass is 79.9. The maximum Gasteiger partial charge on any atom is 0.123 e. The predicted octanol–water partition coefficient (Wildman–Crippen LogP) is 5.00. The van der Waals surface area contributed by atoms with Gasteiger partial charge in [-0.1, -0.05) is 34.1 Å². The molecule has 0 nitrogen and oxygen atoms in total. The minimum Gasteiger partial charge on any atom is -0.207 e. The number of hydrogen-bond donors (Lipinski definition) is 0. The van der Waals surface area contributed by atoms with E-state index in [4.69, 9.17) is 0 Å². The molecule has 2 rings (SSSR count). The Bertz CT molecular complexity index is 436. The third kappa shape index (κ3) is 3.65. The lowest BCUT2D eigenvalue weighted by Gasteiger charge is -2.13. The van der Waals surface area contributed by atoms with Crippen LogP contribution < -0.4 is 0 Å². The van der Waals surface area contributed by atoms with Gasteiger partial charge in [0.15, 0.2) is 0 Å². The van der Waals surface area contributed by atoms with E-state index in [-0.39, 0.29) is 5.82 Å². The van der Waals surface area contributed by atoms with Crippen molar-refractivity contribution in [3.63, 3.8) is 0 Å². The molecule has 0 spiro atoms. The zero-order chi connectivity index (χ0) is 12.1. The Labute approximate surface area is 114 Å². The van der Waals surface area contributed by atoms with E-state index in [0.29, 0.717) is 5.92 Å². The molecule has 0 saturated heterocycles. The first-order chi connectivity index (χ1) is 8.29. The summed E-state index contributed by atoms with van der Waals surface area (Å²) in [5.41, 5.74) is 1.21. The Morgan fingerprint density at radius 2 is 1.94 bits per heavy atom. The van der Waals surface area contributed by atoms with Gasteiger partial charge in [0.2, 0.25) is 0 Å². The van der Waals surface area contributed by atoms with Crippen molar-refractivity contribution in [1.29, 1.82) is 0 Å². The van der Waals surface area contributed by atoms with Gasteiger partial charge in [0.25, 0.3) is 0 Å². The van der Waals surface area contributed by atoms with Crippen LogP contribution >= 0.6 is 27.3 Å². The molecule has 1 atom stereocenters. The molecule has 0 fully saturated rings. The highest BCUT2D eigenvalue weighted by Gasteiger charge is 2.10.